The van der Waals surface area contributed by atoms with Gasteiger partial charge in [0.25, 0.3) is 5.91 Å². The van der Waals surface area contributed by atoms with Crippen LogP contribution in [-0.4, -0.2) is 58.7 Å². The van der Waals surface area contributed by atoms with E-state index >= 15 is 0 Å². The van der Waals surface area contributed by atoms with E-state index in [0.29, 0.717) is 23.4 Å². The summed E-state index contributed by atoms with van der Waals surface area (Å²) in [5.74, 6) is 1.50. The average molecular weight is 435 g/mol. The quantitative estimate of drug-likeness (QED) is 0.567. The number of fused-ring (bicyclic) bond motifs is 1. The molecule has 0 aromatic carbocycles. The van der Waals surface area contributed by atoms with Crippen molar-refractivity contribution in [3.63, 3.8) is 0 Å². The molecule has 4 heterocycles. The number of anilines is 3. The molecule has 0 bridgehead atoms. The van der Waals surface area contributed by atoms with Crippen molar-refractivity contribution in [2.75, 3.05) is 43.4 Å². The van der Waals surface area contributed by atoms with Crippen LogP contribution in [0.1, 0.15) is 47.8 Å². The van der Waals surface area contributed by atoms with E-state index in [4.69, 9.17) is 9.97 Å². The first kappa shape index (κ1) is 20.7. The predicted octanol–water partition coefficient (Wildman–Crippen LogP) is 2.53. The molecular formula is C23H30N8O. The van der Waals surface area contributed by atoms with Crippen molar-refractivity contribution in [1.29, 1.82) is 0 Å². The molecule has 1 saturated heterocycles. The normalized spacial score (nSPS) is 17.1. The smallest absolute Gasteiger partial charge is 0.267 e. The molecule has 3 N–H and O–H groups in total. The summed E-state index contributed by atoms with van der Waals surface area (Å²) < 4.78 is 1.85. The Morgan fingerprint density at radius 2 is 1.94 bits per heavy atom. The molecule has 3 aromatic rings. The maximum absolute atomic E-state index is 12.4. The summed E-state index contributed by atoms with van der Waals surface area (Å²) in [5, 5.41) is 10.3. The van der Waals surface area contributed by atoms with Gasteiger partial charge in [0.15, 0.2) is 0 Å². The van der Waals surface area contributed by atoms with Crippen molar-refractivity contribution in [3.05, 3.63) is 35.8 Å². The number of pyridine rings is 1. The van der Waals surface area contributed by atoms with E-state index in [1.807, 2.05) is 29.9 Å². The molecule has 0 atom stereocenters. The number of nitrogens with one attached hydrogen (secondary N) is 3. The van der Waals surface area contributed by atoms with Crippen molar-refractivity contribution >= 4 is 34.4 Å². The second-order valence-corrected chi connectivity index (χ2v) is 8.58. The molecule has 32 heavy (non-hydrogen) atoms. The van der Waals surface area contributed by atoms with Gasteiger partial charge in [-0.25, -0.2) is 9.97 Å². The molecule has 1 aliphatic heterocycles. The molecule has 0 unspecified atom stereocenters. The van der Waals surface area contributed by atoms with Gasteiger partial charge in [0, 0.05) is 51.6 Å². The number of nitrogens with zero attached hydrogens (tertiary/aromatic N) is 5. The van der Waals surface area contributed by atoms with Gasteiger partial charge in [0.05, 0.1) is 17.6 Å². The molecule has 3 aromatic heterocycles. The number of hydrogen-bond donors (Lipinski definition) is 3. The molecule has 9 nitrogen and oxygen atoms in total. The minimum Gasteiger partial charge on any atom is -0.368 e. The van der Waals surface area contributed by atoms with E-state index in [0.717, 1.165) is 61.4 Å². The third-order valence-electron chi connectivity index (χ3n) is 6.59. The number of carbonyl (C=O) groups is 1. The third kappa shape index (κ3) is 3.88. The molecular weight excluding hydrogens is 404 g/mol. The van der Waals surface area contributed by atoms with Gasteiger partial charge >= 0.3 is 0 Å². The van der Waals surface area contributed by atoms with Gasteiger partial charge in [-0.2, -0.15) is 4.98 Å². The lowest BCUT2D eigenvalue weighted by Gasteiger charge is -2.29. The van der Waals surface area contributed by atoms with Crippen LogP contribution in [0.15, 0.2) is 24.4 Å². The van der Waals surface area contributed by atoms with Gasteiger partial charge < -0.3 is 25.4 Å². The average Bonchev–Trinajstić information content (AvgIpc) is 3.48. The van der Waals surface area contributed by atoms with E-state index < -0.39 is 0 Å². The second kappa shape index (κ2) is 8.74. The Kier molecular flexibility index (Phi) is 5.65. The zero-order valence-corrected chi connectivity index (χ0v) is 18.7. The highest BCUT2D eigenvalue weighted by Crippen LogP contribution is 2.37. The summed E-state index contributed by atoms with van der Waals surface area (Å²) in [6.45, 7) is 3.96. The third-order valence-corrected chi connectivity index (χ3v) is 6.59. The van der Waals surface area contributed by atoms with Gasteiger partial charge in [-0.3, -0.25) is 4.79 Å². The molecule has 168 valence electrons. The lowest BCUT2D eigenvalue weighted by molar-refractivity contribution is 0.0955. The Morgan fingerprint density at radius 3 is 2.62 bits per heavy atom. The summed E-state index contributed by atoms with van der Waals surface area (Å²) in [6, 6.07) is 5.98. The molecule has 0 radical (unpaired) electrons. The van der Waals surface area contributed by atoms with Gasteiger partial charge in [0.2, 0.25) is 5.95 Å². The van der Waals surface area contributed by atoms with Crippen LogP contribution in [0.2, 0.25) is 0 Å². The molecule has 0 spiro atoms. The Balaban J connectivity index is 1.48. The fourth-order valence-corrected chi connectivity index (χ4v) is 4.81. The first-order valence-electron chi connectivity index (χ1n) is 11.4. The Labute approximate surface area is 187 Å². The Bertz CT molecular complexity index is 1110. The molecule has 9 heteroatoms. The summed E-state index contributed by atoms with van der Waals surface area (Å²) in [6.07, 6.45) is 6.56. The minimum atomic E-state index is -0.123. The largest absolute Gasteiger partial charge is 0.368 e. The van der Waals surface area contributed by atoms with Crippen LogP contribution in [-0.2, 0) is 7.05 Å². The maximum Gasteiger partial charge on any atom is 0.267 e. The van der Waals surface area contributed by atoms with E-state index in [1.54, 1.807) is 7.05 Å². The number of carbonyl (C=O) groups excluding carboxylic acids is 1. The summed E-state index contributed by atoms with van der Waals surface area (Å²) in [4.78, 5) is 29.0. The van der Waals surface area contributed by atoms with Crippen LogP contribution in [0.25, 0.3) is 11.0 Å². The number of rotatable bonds is 5. The summed E-state index contributed by atoms with van der Waals surface area (Å²) >= 11 is 0. The van der Waals surface area contributed by atoms with Crippen LogP contribution >= 0.6 is 0 Å². The summed E-state index contributed by atoms with van der Waals surface area (Å²) in [5.41, 5.74) is 3.50. The zero-order chi connectivity index (χ0) is 22.1. The van der Waals surface area contributed by atoms with Crippen LogP contribution in [0.4, 0.5) is 17.5 Å². The molecule has 1 saturated carbocycles. The van der Waals surface area contributed by atoms with Gasteiger partial charge in [0.1, 0.15) is 17.2 Å². The topological polar surface area (TPSA) is 100 Å². The lowest BCUT2D eigenvalue weighted by Crippen LogP contribution is -2.43. The first-order chi connectivity index (χ1) is 15.6. The number of hydrogen-bond acceptors (Lipinski definition) is 7. The van der Waals surface area contributed by atoms with Crippen LogP contribution in [0, 0.1) is 0 Å². The second-order valence-electron chi connectivity index (χ2n) is 8.58. The standard InChI is InChI=1S/C23H30N8O/c1-24-22(32)18-13-17-20(15-5-3-4-6-15)28-23(29-21(17)30(18)2)27-19-8-7-16(14-26-19)31-11-9-25-10-12-31/h7-8,13-15,25H,3-6,9-12H2,1-2H3,(H,24,32)(H,26,27,28,29). The molecule has 1 aliphatic carbocycles. The highest BCUT2D eigenvalue weighted by Gasteiger charge is 2.25. The van der Waals surface area contributed by atoms with Crippen molar-refractivity contribution in [2.24, 2.45) is 7.05 Å². The molecule has 1 amide bonds. The van der Waals surface area contributed by atoms with E-state index in [-0.39, 0.29) is 5.91 Å². The fraction of sp³-hybridized carbons (Fsp3) is 0.478. The van der Waals surface area contributed by atoms with Crippen molar-refractivity contribution in [3.8, 4) is 0 Å². The van der Waals surface area contributed by atoms with E-state index in [9.17, 15) is 4.79 Å². The Morgan fingerprint density at radius 1 is 1.16 bits per heavy atom. The van der Waals surface area contributed by atoms with Gasteiger partial charge in [-0.05, 0) is 31.0 Å². The van der Waals surface area contributed by atoms with Crippen molar-refractivity contribution in [2.45, 2.75) is 31.6 Å². The molecule has 5 rings (SSSR count). The number of aryl methyl sites for hydroxylation is 1. The van der Waals surface area contributed by atoms with Gasteiger partial charge in [-0.15, -0.1) is 0 Å². The van der Waals surface area contributed by atoms with Crippen molar-refractivity contribution in [1.82, 2.24) is 30.2 Å². The lowest BCUT2D eigenvalue weighted by atomic mass is 10.0. The monoisotopic (exact) mass is 434 g/mol. The fourth-order valence-electron chi connectivity index (χ4n) is 4.81. The predicted molar refractivity (Wildman–Crippen MR) is 126 cm³/mol. The van der Waals surface area contributed by atoms with E-state index in [1.165, 1.54) is 12.8 Å². The Hall–Kier alpha value is -3.20. The van der Waals surface area contributed by atoms with Crippen LogP contribution in [0.3, 0.4) is 0 Å². The number of aromatic nitrogens is 4. The highest BCUT2D eigenvalue weighted by atomic mass is 16.1. The minimum absolute atomic E-state index is 0.123. The maximum atomic E-state index is 12.4. The van der Waals surface area contributed by atoms with E-state index in [2.05, 4.69) is 31.9 Å². The highest BCUT2D eigenvalue weighted by molar-refractivity contribution is 5.98. The van der Waals surface area contributed by atoms with Crippen LogP contribution in [0.5, 0.6) is 0 Å². The number of amides is 1. The van der Waals surface area contributed by atoms with Gasteiger partial charge in [-0.1, -0.05) is 12.8 Å². The summed E-state index contributed by atoms with van der Waals surface area (Å²) in [7, 11) is 3.52. The first-order valence-corrected chi connectivity index (χ1v) is 11.4. The number of piperazine rings is 1. The van der Waals surface area contributed by atoms with Crippen molar-refractivity contribution < 1.29 is 4.79 Å². The molecule has 2 aliphatic rings. The zero-order valence-electron chi connectivity index (χ0n) is 18.7. The SMILES string of the molecule is CNC(=O)c1cc2c(C3CCCC3)nc(Nc3ccc(N4CCNCC4)cn3)nc2n1C. The van der Waals surface area contributed by atoms with Crippen LogP contribution < -0.4 is 20.9 Å². The molecule has 2 fully saturated rings.